The van der Waals surface area contributed by atoms with Gasteiger partial charge in [0, 0.05) is 0 Å². The van der Waals surface area contributed by atoms with Crippen molar-refractivity contribution in [3.05, 3.63) is 42.9 Å². The van der Waals surface area contributed by atoms with Crippen LogP contribution in [0.4, 0.5) is 0 Å². The van der Waals surface area contributed by atoms with Crippen LogP contribution in [0.25, 0.3) is 0 Å². The Bertz CT molecular complexity index is 576. The van der Waals surface area contributed by atoms with Crippen molar-refractivity contribution in [3.63, 3.8) is 0 Å². The normalized spacial score (nSPS) is 46.8. The van der Waals surface area contributed by atoms with Gasteiger partial charge in [-0.3, -0.25) is 0 Å². The summed E-state index contributed by atoms with van der Waals surface area (Å²) in [5, 5.41) is 0. The molecule has 0 saturated heterocycles. The van der Waals surface area contributed by atoms with Crippen molar-refractivity contribution in [2.75, 3.05) is 19.8 Å². The highest BCUT2D eigenvalue weighted by molar-refractivity contribution is 5.11. The molecule has 6 aliphatic rings. The molecule has 3 saturated carbocycles. The molecule has 0 aromatic rings. The molecule has 3 fully saturated rings. The molecule has 9 atom stereocenters. The molecule has 0 aromatic heterocycles. The van der Waals surface area contributed by atoms with Gasteiger partial charge in [-0.1, -0.05) is 36.5 Å². The van der Waals surface area contributed by atoms with Crippen LogP contribution in [0.2, 0.25) is 0 Å². The first-order valence-electron chi connectivity index (χ1n) is 11.6. The number of ether oxygens (including phenoxy) is 3. The second kappa shape index (κ2) is 7.41. The Morgan fingerprint density at radius 3 is 1.11 bits per heavy atom. The van der Waals surface area contributed by atoms with Gasteiger partial charge < -0.3 is 14.2 Å². The fraction of sp³-hybridized carbons (Fsp3) is 0.720. The topological polar surface area (TPSA) is 27.7 Å². The number of rotatable bonds is 9. The summed E-state index contributed by atoms with van der Waals surface area (Å²) >= 11 is 0. The Hall–Kier alpha value is -0.900. The van der Waals surface area contributed by atoms with E-state index in [2.05, 4.69) is 36.5 Å². The molecule has 0 amide bonds. The van der Waals surface area contributed by atoms with Crippen molar-refractivity contribution in [2.24, 2.45) is 53.3 Å². The van der Waals surface area contributed by atoms with Crippen LogP contribution in [-0.4, -0.2) is 19.8 Å². The van der Waals surface area contributed by atoms with Gasteiger partial charge in [-0.05, 0) is 91.8 Å². The maximum absolute atomic E-state index is 6.16. The molecule has 0 aliphatic heterocycles. The predicted molar refractivity (Wildman–Crippen MR) is 108 cm³/mol. The van der Waals surface area contributed by atoms with Gasteiger partial charge in [0.05, 0.1) is 19.8 Å². The molecule has 6 bridgehead atoms. The summed E-state index contributed by atoms with van der Waals surface area (Å²) in [7, 11) is 0. The van der Waals surface area contributed by atoms with Gasteiger partial charge in [-0.2, -0.15) is 0 Å². The average Bonchev–Trinajstić information content (AvgIpc) is 3.54. The second-order valence-electron chi connectivity index (χ2n) is 10.3. The Kier molecular flexibility index (Phi) is 4.74. The van der Waals surface area contributed by atoms with Gasteiger partial charge in [-0.25, -0.2) is 0 Å². The molecule has 9 unspecified atom stereocenters. The first-order chi connectivity index (χ1) is 13.8. The van der Waals surface area contributed by atoms with Gasteiger partial charge in [-0.15, -0.1) is 0 Å². The molecule has 3 nitrogen and oxygen atoms in total. The fourth-order valence-corrected chi connectivity index (χ4v) is 6.91. The van der Waals surface area contributed by atoms with E-state index in [1.165, 1.54) is 38.5 Å². The summed E-state index contributed by atoms with van der Waals surface area (Å²) in [5.74, 6) is 6.36. The molecule has 151 valence electrons. The van der Waals surface area contributed by atoms with Crippen LogP contribution in [-0.2, 0) is 14.2 Å². The number of hydrogen-bond donors (Lipinski definition) is 0. The maximum atomic E-state index is 6.16. The van der Waals surface area contributed by atoms with Crippen LogP contribution >= 0.6 is 0 Å². The first-order valence-corrected chi connectivity index (χ1v) is 11.6. The summed E-state index contributed by atoms with van der Waals surface area (Å²) in [4.78, 5) is 0. The van der Waals surface area contributed by atoms with Crippen LogP contribution < -0.4 is 0 Å². The molecule has 0 aromatic carbocycles. The zero-order chi connectivity index (χ0) is 18.5. The summed E-state index contributed by atoms with van der Waals surface area (Å²) in [6.45, 7) is 2.70. The van der Waals surface area contributed by atoms with E-state index in [0.717, 1.165) is 37.6 Å². The van der Waals surface area contributed by atoms with Crippen molar-refractivity contribution < 1.29 is 14.2 Å². The summed E-state index contributed by atoms with van der Waals surface area (Å²) < 4.78 is 18.5. The SMILES string of the molecule is C1=CC2CC1CC2CO[C](OCC1CC2C=CC1C2)OCC1CC2C=CC1C2. The molecule has 0 N–H and O–H groups in total. The highest BCUT2D eigenvalue weighted by atomic mass is 16.8. The van der Waals surface area contributed by atoms with E-state index in [1.54, 1.807) is 0 Å². The van der Waals surface area contributed by atoms with Crippen LogP contribution in [0.15, 0.2) is 36.5 Å². The molecular formula is C25H33O3. The van der Waals surface area contributed by atoms with Gasteiger partial charge in [0.1, 0.15) is 0 Å². The molecule has 3 heteroatoms. The fourth-order valence-electron chi connectivity index (χ4n) is 6.91. The number of hydrogen-bond acceptors (Lipinski definition) is 3. The van der Waals surface area contributed by atoms with E-state index < -0.39 is 0 Å². The van der Waals surface area contributed by atoms with E-state index in [1.807, 2.05) is 0 Å². The lowest BCUT2D eigenvalue weighted by molar-refractivity contribution is -0.204. The van der Waals surface area contributed by atoms with Crippen molar-refractivity contribution in [1.29, 1.82) is 0 Å². The van der Waals surface area contributed by atoms with E-state index in [4.69, 9.17) is 14.2 Å². The zero-order valence-corrected chi connectivity index (χ0v) is 16.7. The first kappa shape index (κ1) is 17.9. The van der Waals surface area contributed by atoms with Crippen LogP contribution in [0, 0.1) is 59.7 Å². The van der Waals surface area contributed by atoms with Crippen LogP contribution in [0.3, 0.4) is 0 Å². The highest BCUT2D eigenvalue weighted by Crippen LogP contribution is 2.46. The van der Waals surface area contributed by atoms with Crippen molar-refractivity contribution in [2.45, 2.75) is 38.5 Å². The average molecular weight is 382 g/mol. The standard InChI is InChI=1S/C25H33O3/c1-4-19-7-16(1)10-22(19)13-26-25(27-14-23-11-17-2-5-20(23)8-17)28-15-24-12-18-3-6-21(24)9-18/h1-6,16-24H,7-15H2. The minimum Gasteiger partial charge on any atom is -0.321 e. The van der Waals surface area contributed by atoms with Gasteiger partial charge in [0.15, 0.2) is 0 Å². The molecule has 0 spiro atoms. The van der Waals surface area contributed by atoms with E-state index >= 15 is 0 Å². The number of allylic oxidation sites excluding steroid dienone is 6. The monoisotopic (exact) mass is 381 g/mol. The Morgan fingerprint density at radius 1 is 0.500 bits per heavy atom. The van der Waals surface area contributed by atoms with Crippen molar-refractivity contribution in [3.8, 4) is 0 Å². The third-order valence-corrected chi connectivity index (χ3v) is 8.49. The molecule has 1 radical (unpaired) electrons. The third-order valence-electron chi connectivity index (χ3n) is 8.49. The summed E-state index contributed by atoms with van der Waals surface area (Å²) in [5.41, 5.74) is 0. The molecule has 6 aliphatic carbocycles. The van der Waals surface area contributed by atoms with E-state index in [-0.39, 0.29) is 0 Å². The highest BCUT2D eigenvalue weighted by Gasteiger charge is 2.39. The quantitative estimate of drug-likeness (QED) is 0.519. The summed E-state index contributed by atoms with van der Waals surface area (Å²) in [6.07, 6.45) is 22.1. The Morgan fingerprint density at radius 2 is 0.857 bits per heavy atom. The van der Waals surface area contributed by atoms with E-state index in [0.29, 0.717) is 42.0 Å². The maximum Gasteiger partial charge on any atom is 0.370 e. The Balaban J connectivity index is 1.03. The third kappa shape index (κ3) is 3.44. The molecule has 28 heavy (non-hydrogen) atoms. The zero-order valence-electron chi connectivity index (χ0n) is 16.7. The van der Waals surface area contributed by atoms with Gasteiger partial charge >= 0.3 is 6.48 Å². The lowest BCUT2D eigenvalue weighted by Crippen LogP contribution is -2.25. The van der Waals surface area contributed by atoms with Crippen LogP contribution in [0.1, 0.15) is 38.5 Å². The molecular weight excluding hydrogens is 348 g/mol. The number of fused-ring (bicyclic) bond motifs is 6. The van der Waals surface area contributed by atoms with Crippen molar-refractivity contribution >= 4 is 0 Å². The van der Waals surface area contributed by atoms with Gasteiger partial charge in [0.2, 0.25) is 0 Å². The summed E-state index contributed by atoms with van der Waals surface area (Å²) in [6, 6.07) is 0. The molecule has 0 heterocycles. The second-order valence-corrected chi connectivity index (χ2v) is 10.3. The lowest BCUT2D eigenvalue weighted by atomic mass is 9.94. The predicted octanol–water partition coefficient (Wildman–Crippen LogP) is 5.12. The van der Waals surface area contributed by atoms with Gasteiger partial charge in [0.25, 0.3) is 0 Å². The minimum atomic E-state index is 0.463. The smallest absolute Gasteiger partial charge is 0.321 e. The van der Waals surface area contributed by atoms with Crippen molar-refractivity contribution in [1.82, 2.24) is 0 Å². The largest absolute Gasteiger partial charge is 0.370 e. The Labute approximate surface area is 169 Å². The van der Waals surface area contributed by atoms with E-state index in [9.17, 15) is 0 Å². The lowest BCUT2D eigenvalue weighted by Gasteiger charge is -2.26. The van der Waals surface area contributed by atoms with Crippen LogP contribution in [0.5, 0.6) is 0 Å². The molecule has 6 rings (SSSR count). The minimum absolute atomic E-state index is 0.463.